The van der Waals surface area contributed by atoms with Crippen LogP contribution in [0.3, 0.4) is 0 Å². The van der Waals surface area contributed by atoms with Crippen molar-refractivity contribution >= 4 is 17.7 Å². The second kappa shape index (κ2) is 6.16. The van der Waals surface area contributed by atoms with Crippen molar-refractivity contribution in [1.29, 1.82) is 0 Å². The Labute approximate surface area is 146 Å². The van der Waals surface area contributed by atoms with E-state index in [2.05, 4.69) is 5.32 Å². The minimum atomic E-state index is -1.31. The first-order chi connectivity index (χ1) is 11.9. The monoisotopic (exact) mass is 336 g/mol. The van der Waals surface area contributed by atoms with Gasteiger partial charge in [0.2, 0.25) is 0 Å². The number of benzene rings is 2. The summed E-state index contributed by atoms with van der Waals surface area (Å²) >= 11 is 0. The topological polar surface area (TPSA) is 66.5 Å². The molecule has 3 rings (SSSR count). The molecule has 0 radical (unpaired) electrons. The number of hydrogen-bond acceptors (Lipinski definition) is 3. The highest BCUT2D eigenvalue weighted by Crippen LogP contribution is 2.36. The Kier molecular flexibility index (Phi) is 4.17. The zero-order chi connectivity index (χ0) is 18.2. The van der Waals surface area contributed by atoms with Gasteiger partial charge in [0.1, 0.15) is 5.78 Å². The van der Waals surface area contributed by atoms with E-state index in [4.69, 9.17) is 0 Å². The molecule has 128 valence electrons. The first kappa shape index (κ1) is 16.9. The van der Waals surface area contributed by atoms with Gasteiger partial charge in [-0.05, 0) is 43.0 Å². The number of hydrogen-bond donors (Lipinski definition) is 1. The Hall–Kier alpha value is -2.95. The molecule has 0 saturated carbocycles. The van der Waals surface area contributed by atoms with E-state index < -0.39 is 17.5 Å². The molecule has 1 N–H and O–H groups in total. The summed E-state index contributed by atoms with van der Waals surface area (Å²) in [5.74, 6) is -0.672. The Balaban J connectivity index is 2.21. The number of aryl methyl sites for hydroxylation is 2. The lowest BCUT2D eigenvalue weighted by Gasteiger charge is -2.28. The van der Waals surface area contributed by atoms with Gasteiger partial charge in [-0.3, -0.25) is 14.5 Å². The third kappa shape index (κ3) is 2.71. The van der Waals surface area contributed by atoms with Crippen molar-refractivity contribution in [3.63, 3.8) is 0 Å². The zero-order valence-electron chi connectivity index (χ0n) is 14.5. The predicted molar refractivity (Wildman–Crippen MR) is 94.1 cm³/mol. The SMILES string of the molecule is CC(=O)CN1C(=O)N[C@](c2ccccc2)(c2ccc(C)c(C)c2)C1=O. The second-order valence-corrected chi connectivity index (χ2v) is 6.44. The first-order valence-corrected chi connectivity index (χ1v) is 8.13. The molecular weight excluding hydrogens is 316 g/mol. The number of carbonyl (C=O) groups is 3. The van der Waals surface area contributed by atoms with Gasteiger partial charge in [-0.15, -0.1) is 0 Å². The fourth-order valence-electron chi connectivity index (χ4n) is 3.16. The van der Waals surface area contributed by atoms with Gasteiger partial charge < -0.3 is 5.32 Å². The van der Waals surface area contributed by atoms with Gasteiger partial charge in [0.05, 0.1) is 6.54 Å². The maximum Gasteiger partial charge on any atom is 0.325 e. The van der Waals surface area contributed by atoms with Gasteiger partial charge in [0.25, 0.3) is 5.91 Å². The summed E-state index contributed by atoms with van der Waals surface area (Å²) in [6.07, 6.45) is 0. The smallest absolute Gasteiger partial charge is 0.315 e. The molecule has 0 bridgehead atoms. The number of imide groups is 1. The van der Waals surface area contributed by atoms with E-state index in [1.165, 1.54) is 6.92 Å². The molecule has 1 saturated heterocycles. The predicted octanol–water partition coefficient (Wildman–Crippen LogP) is 2.69. The Bertz CT molecular complexity index is 860. The summed E-state index contributed by atoms with van der Waals surface area (Å²) in [6, 6.07) is 14.3. The normalized spacial score (nSPS) is 19.9. The summed E-state index contributed by atoms with van der Waals surface area (Å²) < 4.78 is 0. The number of nitrogens with zero attached hydrogens (tertiary/aromatic N) is 1. The first-order valence-electron chi connectivity index (χ1n) is 8.13. The average molecular weight is 336 g/mol. The van der Waals surface area contributed by atoms with Crippen LogP contribution in [0.4, 0.5) is 4.79 Å². The molecule has 1 heterocycles. The number of rotatable bonds is 4. The number of amides is 3. The Morgan fingerprint density at radius 2 is 1.68 bits per heavy atom. The van der Waals surface area contributed by atoms with Crippen LogP contribution in [-0.4, -0.2) is 29.2 Å². The molecule has 5 nitrogen and oxygen atoms in total. The van der Waals surface area contributed by atoms with E-state index in [9.17, 15) is 14.4 Å². The van der Waals surface area contributed by atoms with Crippen molar-refractivity contribution in [2.75, 3.05) is 6.54 Å². The van der Waals surface area contributed by atoms with E-state index in [0.717, 1.165) is 16.0 Å². The number of ketones is 1. The van der Waals surface area contributed by atoms with E-state index in [-0.39, 0.29) is 12.3 Å². The molecule has 0 spiro atoms. The standard InChI is InChI=1S/C20H20N2O3/c1-13-9-10-17(11-14(13)2)20(16-7-5-4-6-8-16)18(24)22(12-15(3)23)19(25)21-20/h4-11H,12H2,1-3H3,(H,21,25)/t20-/m1/s1. The molecule has 0 unspecified atom stereocenters. The van der Waals surface area contributed by atoms with Crippen LogP contribution in [0.5, 0.6) is 0 Å². The second-order valence-electron chi connectivity index (χ2n) is 6.44. The summed E-state index contributed by atoms with van der Waals surface area (Å²) in [6.45, 7) is 5.08. The minimum Gasteiger partial charge on any atom is -0.315 e. The molecule has 25 heavy (non-hydrogen) atoms. The highest BCUT2D eigenvalue weighted by molar-refractivity contribution is 6.11. The van der Waals surface area contributed by atoms with Gasteiger partial charge in [-0.2, -0.15) is 0 Å². The third-order valence-electron chi connectivity index (χ3n) is 4.63. The van der Waals surface area contributed by atoms with E-state index in [1.54, 1.807) is 0 Å². The molecule has 1 fully saturated rings. The van der Waals surface area contributed by atoms with Crippen molar-refractivity contribution in [3.05, 3.63) is 70.8 Å². The molecule has 3 amide bonds. The van der Waals surface area contributed by atoms with Crippen LogP contribution in [-0.2, 0) is 15.1 Å². The molecule has 2 aromatic carbocycles. The van der Waals surface area contributed by atoms with Crippen LogP contribution in [0.25, 0.3) is 0 Å². The molecule has 1 atom stereocenters. The molecular formula is C20H20N2O3. The maximum absolute atomic E-state index is 13.3. The summed E-state index contributed by atoms with van der Waals surface area (Å²) in [5.41, 5.74) is 2.17. The van der Waals surface area contributed by atoms with Crippen molar-refractivity contribution in [3.8, 4) is 0 Å². The van der Waals surface area contributed by atoms with Crippen molar-refractivity contribution in [1.82, 2.24) is 10.2 Å². The van der Waals surface area contributed by atoms with Gasteiger partial charge in [0, 0.05) is 0 Å². The van der Waals surface area contributed by atoms with Crippen LogP contribution in [0.15, 0.2) is 48.5 Å². The lowest BCUT2D eigenvalue weighted by Crippen LogP contribution is -2.45. The van der Waals surface area contributed by atoms with Crippen LogP contribution in [0.2, 0.25) is 0 Å². The van der Waals surface area contributed by atoms with E-state index >= 15 is 0 Å². The van der Waals surface area contributed by atoms with Crippen molar-refractivity contribution < 1.29 is 14.4 Å². The third-order valence-corrected chi connectivity index (χ3v) is 4.63. The van der Waals surface area contributed by atoms with Crippen LogP contribution in [0, 0.1) is 13.8 Å². The number of nitrogens with one attached hydrogen (secondary N) is 1. The summed E-state index contributed by atoms with van der Waals surface area (Å²) in [5, 5.41) is 2.84. The molecule has 0 aromatic heterocycles. The largest absolute Gasteiger partial charge is 0.325 e. The molecule has 5 heteroatoms. The van der Waals surface area contributed by atoms with Crippen molar-refractivity contribution in [2.45, 2.75) is 26.3 Å². The highest BCUT2D eigenvalue weighted by atomic mass is 16.2. The lowest BCUT2D eigenvalue weighted by molar-refractivity contribution is -0.133. The van der Waals surface area contributed by atoms with E-state index in [1.807, 2.05) is 62.4 Å². The Morgan fingerprint density at radius 3 is 2.28 bits per heavy atom. The summed E-state index contributed by atoms with van der Waals surface area (Å²) in [4.78, 5) is 38.2. The zero-order valence-corrected chi connectivity index (χ0v) is 14.5. The molecule has 2 aromatic rings. The lowest BCUT2D eigenvalue weighted by atomic mass is 9.81. The van der Waals surface area contributed by atoms with E-state index in [0.29, 0.717) is 11.1 Å². The average Bonchev–Trinajstić information content (AvgIpc) is 2.83. The molecule has 0 aliphatic carbocycles. The summed E-state index contributed by atoms with van der Waals surface area (Å²) in [7, 11) is 0. The fraction of sp³-hybridized carbons (Fsp3) is 0.250. The van der Waals surface area contributed by atoms with Crippen LogP contribution >= 0.6 is 0 Å². The highest BCUT2D eigenvalue weighted by Gasteiger charge is 2.53. The fourth-order valence-corrected chi connectivity index (χ4v) is 3.16. The van der Waals surface area contributed by atoms with Crippen LogP contribution in [0.1, 0.15) is 29.2 Å². The maximum atomic E-state index is 13.3. The number of Topliss-reactive ketones (excluding diaryl/α,β-unsaturated/α-hetero) is 1. The van der Waals surface area contributed by atoms with Gasteiger partial charge in [-0.1, -0.05) is 48.5 Å². The van der Waals surface area contributed by atoms with Gasteiger partial charge in [-0.25, -0.2) is 4.79 Å². The van der Waals surface area contributed by atoms with Gasteiger partial charge in [0.15, 0.2) is 5.54 Å². The Morgan fingerprint density at radius 1 is 1.00 bits per heavy atom. The van der Waals surface area contributed by atoms with Crippen molar-refractivity contribution in [2.24, 2.45) is 0 Å². The minimum absolute atomic E-state index is 0.232. The number of urea groups is 1. The van der Waals surface area contributed by atoms with Gasteiger partial charge >= 0.3 is 6.03 Å². The van der Waals surface area contributed by atoms with Crippen LogP contribution < -0.4 is 5.32 Å². The quantitative estimate of drug-likeness (QED) is 0.873. The molecule has 1 aliphatic rings. The number of carbonyl (C=O) groups excluding carboxylic acids is 3. The molecule has 1 aliphatic heterocycles.